The molecule has 1 aromatic rings. The van der Waals surface area contributed by atoms with E-state index in [1.54, 1.807) is 0 Å². The number of rotatable bonds is 3. The van der Waals surface area contributed by atoms with E-state index in [9.17, 15) is 5.11 Å². The molecule has 0 radical (unpaired) electrons. The van der Waals surface area contributed by atoms with Crippen LogP contribution in [0.2, 0.25) is 0 Å². The maximum Gasteiger partial charge on any atom is 0.153 e. The summed E-state index contributed by atoms with van der Waals surface area (Å²) in [5.74, 6) is 6.35. The highest BCUT2D eigenvalue weighted by Crippen LogP contribution is 2.28. The van der Waals surface area contributed by atoms with Gasteiger partial charge in [0.25, 0.3) is 0 Å². The van der Waals surface area contributed by atoms with Gasteiger partial charge < -0.3 is 17.5 Å². The van der Waals surface area contributed by atoms with Crippen LogP contribution in [0.4, 0.5) is 0 Å². The zero-order chi connectivity index (χ0) is 13.7. The van der Waals surface area contributed by atoms with Crippen molar-refractivity contribution in [3.8, 4) is 11.8 Å². The third-order valence-corrected chi connectivity index (χ3v) is 3.83. The summed E-state index contributed by atoms with van der Waals surface area (Å²) in [7, 11) is 0. The minimum atomic E-state index is -1.04. The van der Waals surface area contributed by atoms with E-state index in [0.29, 0.717) is 0 Å². The Hall–Kier alpha value is -1.01. The van der Waals surface area contributed by atoms with Gasteiger partial charge in [-0.3, -0.25) is 4.90 Å². The third kappa shape index (κ3) is 3.99. The largest absolute Gasteiger partial charge is 1.00 e. The Morgan fingerprint density at radius 2 is 1.80 bits per heavy atom. The molecule has 1 atom stereocenters. The SMILES string of the molecule is CC(C)C(O)(C#CCN1CCCC1)c1ccccc1.[Cl-]. The van der Waals surface area contributed by atoms with Crippen LogP contribution in [0.1, 0.15) is 32.3 Å². The molecule has 1 unspecified atom stereocenters. The molecule has 2 nitrogen and oxygen atoms in total. The van der Waals surface area contributed by atoms with Crippen molar-refractivity contribution in [2.75, 3.05) is 19.6 Å². The average Bonchev–Trinajstić information content (AvgIpc) is 2.92. The Kier molecular flexibility index (Phi) is 6.55. The maximum absolute atomic E-state index is 10.8. The highest BCUT2D eigenvalue weighted by atomic mass is 35.5. The third-order valence-electron chi connectivity index (χ3n) is 3.83. The molecule has 1 heterocycles. The van der Waals surface area contributed by atoms with Crippen LogP contribution in [-0.2, 0) is 5.60 Å². The molecule has 3 heteroatoms. The maximum atomic E-state index is 10.8. The van der Waals surface area contributed by atoms with E-state index in [4.69, 9.17) is 0 Å². The first-order valence-corrected chi connectivity index (χ1v) is 7.13. The van der Waals surface area contributed by atoms with Gasteiger partial charge in [0.2, 0.25) is 0 Å². The molecule has 0 spiro atoms. The zero-order valence-electron chi connectivity index (χ0n) is 12.3. The van der Waals surface area contributed by atoms with E-state index < -0.39 is 5.60 Å². The zero-order valence-corrected chi connectivity index (χ0v) is 13.0. The predicted molar refractivity (Wildman–Crippen MR) is 78.6 cm³/mol. The lowest BCUT2D eigenvalue weighted by molar-refractivity contribution is -0.00000839. The molecular weight excluding hydrogens is 270 g/mol. The van der Waals surface area contributed by atoms with E-state index in [-0.39, 0.29) is 18.3 Å². The van der Waals surface area contributed by atoms with Crippen LogP contribution in [0.3, 0.4) is 0 Å². The molecule has 110 valence electrons. The van der Waals surface area contributed by atoms with Crippen molar-refractivity contribution in [3.05, 3.63) is 35.9 Å². The van der Waals surface area contributed by atoms with Gasteiger partial charge in [-0.15, -0.1) is 0 Å². The highest BCUT2D eigenvalue weighted by Gasteiger charge is 2.30. The molecule has 1 aliphatic heterocycles. The van der Waals surface area contributed by atoms with Crippen LogP contribution in [0.5, 0.6) is 0 Å². The van der Waals surface area contributed by atoms with Gasteiger partial charge in [0, 0.05) is 0 Å². The average molecular weight is 293 g/mol. The number of likely N-dealkylation sites (tertiary alicyclic amines) is 1. The molecule has 0 bridgehead atoms. The number of hydrogen-bond acceptors (Lipinski definition) is 2. The van der Waals surface area contributed by atoms with Gasteiger partial charge in [0.05, 0.1) is 6.54 Å². The van der Waals surface area contributed by atoms with Crippen LogP contribution in [0, 0.1) is 17.8 Å². The van der Waals surface area contributed by atoms with E-state index in [1.165, 1.54) is 12.8 Å². The lowest BCUT2D eigenvalue weighted by atomic mass is 9.84. The molecule has 0 aromatic heterocycles. The molecule has 0 saturated carbocycles. The number of hydrogen-bond donors (Lipinski definition) is 1. The summed E-state index contributed by atoms with van der Waals surface area (Å²) in [6, 6.07) is 9.76. The smallest absolute Gasteiger partial charge is 0.153 e. The monoisotopic (exact) mass is 292 g/mol. The first-order chi connectivity index (χ1) is 9.13. The van der Waals surface area contributed by atoms with Crippen LogP contribution >= 0.6 is 0 Å². The summed E-state index contributed by atoms with van der Waals surface area (Å²) in [6.45, 7) is 7.07. The first kappa shape index (κ1) is 17.0. The van der Waals surface area contributed by atoms with Crippen molar-refractivity contribution in [1.82, 2.24) is 4.90 Å². The lowest BCUT2D eigenvalue weighted by Crippen LogP contribution is -3.00. The van der Waals surface area contributed by atoms with Gasteiger partial charge in [0.1, 0.15) is 0 Å². The molecule has 2 rings (SSSR count). The fourth-order valence-electron chi connectivity index (χ4n) is 2.47. The molecule has 1 aliphatic rings. The number of benzene rings is 1. The Bertz CT molecular complexity index is 457. The molecule has 1 saturated heterocycles. The summed E-state index contributed by atoms with van der Waals surface area (Å²) in [5, 5.41) is 10.8. The molecule has 20 heavy (non-hydrogen) atoms. The van der Waals surface area contributed by atoms with Crippen molar-refractivity contribution >= 4 is 0 Å². The summed E-state index contributed by atoms with van der Waals surface area (Å²) in [6.07, 6.45) is 2.55. The van der Waals surface area contributed by atoms with Crippen molar-refractivity contribution in [1.29, 1.82) is 0 Å². The fourth-order valence-corrected chi connectivity index (χ4v) is 2.47. The van der Waals surface area contributed by atoms with E-state index >= 15 is 0 Å². The van der Waals surface area contributed by atoms with Gasteiger partial charge in [-0.1, -0.05) is 56.0 Å². The second kappa shape index (κ2) is 7.69. The van der Waals surface area contributed by atoms with Gasteiger partial charge in [-0.05, 0) is 37.4 Å². The number of nitrogens with zero attached hydrogens (tertiary/aromatic N) is 1. The minimum absolute atomic E-state index is 0. The van der Waals surface area contributed by atoms with Crippen molar-refractivity contribution in [2.45, 2.75) is 32.3 Å². The topological polar surface area (TPSA) is 23.5 Å². The molecule has 0 aliphatic carbocycles. The molecule has 1 N–H and O–H groups in total. The first-order valence-electron chi connectivity index (χ1n) is 7.13. The van der Waals surface area contributed by atoms with Crippen LogP contribution < -0.4 is 12.4 Å². The Balaban J connectivity index is 0.00000200. The quantitative estimate of drug-likeness (QED) is 0.769. The Morgan fingerprint density at radius 3 is 2.35 bits per heavy atom. The van der Waals surface area contributed by atoms with Gasteiger partial charge in [-0.25, -0.2) is 0 Å². The molecule has 1 fully saturated rings. The Morgan fingerprint density at radius 1 is 1.20 bits per heavy atom. The molecule has 0 amide bonds. The number of aliphatic hydroxyl groups is 1. The standard InChI is InChI=1S/C17H23NO.ClH/c1-15(2)17(19,16-9-4-3-5-10-16)11-8-14-18-12-6-7-13-18;/h3-5,9-10,15,19H,6-7,12-14H2,1-2H3;1H/p-1. The minimum Gasteiger partial charge on any atom is -1.00 e. The summed E-state index contributed by atoms with van der Waals surface area (Å²) in [5.41, 5.74) is -0.153. The van der Waals surface area contributed by atoms with E-state index in [1.807, 2.05) is 44.2 Å². The van der Waals surface area contributed by atoms with Gasteiger partial charge in [-0.2, -0.15) is 0 Å². The van der Waals surface area contributed by atoms with Crippen molar-refractivity contribution in [3.63, 3.8) is 0 Å². The molecule has 1 aromatic carbocycles. The molecular formula is C17H23ClNO-. The van der Waals surface area contributed by atoms with E-state index in [0.717, 1.165) is 25.2 Å². The number of halogens is 1. The van der Waals surface area contributed by atoms with Crippen LogP contribution in [0.15, 0.2) is 30.3 Å². The van der Waals surface area contributed by atoms with Crippen LogP contribution in [-0.4, -0.2) is 29.6 Å². The lowest BCUT2D eigenvalue weighted by Gasteiger charge is -2.27. The normalized spacial score (nSPS) is 18.0. The van der Waals surface area contributed by atoms with Gasteiger partial charge in [0.15, 0.2) is 5.60 Å². The van der Waals surface area contributed by atoms with Crippen molar-refractivity contribution < 1.29 is 17.5 Å². The fraction of sp³-hybridized carbons (Fsp3) is 0.529. The Labute approximate surface area is 128 Å². The summed E-state index contributed by atoms with van der Waals surface area (Å²) in [4.78, 5) is 2.35. The van der Waals surface area contributed by atoms with Crippen LogP contribution in [0.25, 0.3) is 0 Å². The van der Waals surface area contributed by atoms with Crippen molar-refractivity contribution in [2.24, 2.45) is 5.92 Å². The predicted octanol–water partition coefficient (Wildman–Crippen LogP) is -0.367. The van der Waals surface area contributed by atoms with Gasteiger partial charge >= 0.3 is 0 Å². The summed E-state index contributed by atoms with van der Waals surface area (Å²) >= 11 is 0. The second-order valence-corrected chi connectivity index (χ2v) is 5.57. The summed E-state index contributed by atoms with van der Waals surface area (Å²) < 4.78 is 0. The highest BCUT2D eigenvalue weighted by molar-refractivity contribution is 5.32. The second-order valence-electron chi connectivity index (χ2n) is 5.57. The van der Waals surface area contributed by atoms with E-state index in [2.05, 4.69) is 16.7 Å².